The zero-order chi connectivity index (χ0) is 15.5. The molecule has 0 aliphatic carbocycles. The number of aryl methyl sites for hydroxylation is 1. The molecule has 116 valence electrons. The van der Waals surface area contributed by atoms with Gasteiger partial charge in [0.25, 0.3) is 0 Å². The van der Waals surface area contributed by atoms with Gasteiger partial charge in [-0.05, 0) is 37.0 Å². The van der Waals surface area contributed by atoms with Crippen molar-refractivity contribution in [2.75, 3.05) is 13.1 Å². The van der Waals surface area contributed by atoms with E-state index in [-0.39, 0.29) is 5.92 Å². The Kier molecular flexibility index (Phi) is 5.35. The summed E-state index contributed by atoms with van der Waals surface area (Å²) in [5, 5.41) is 0. The summed E-state index contributed by atoms with van der Waals surface area (Å²) in [5.74, 6) is -0.0112. The Labute approximate surface area is 132 Å². The third kappa shape index (κ3) is 3.81. The Morgan fingerprint density at radius 3 is 2.62 bits per heavy atom. The smallest absolute Gasteiger partial charge is 0.243 e. The predicted molar refractivity (Wildman–Crippen MR) is 88.7 cm³/mol. The Morgan fingerprint density at radius 2 is 2.05 bits per heavy atom. The van der Waals surface area contributed by atoms with E-state index in [1.54, 1.807) is 12.1 Å². The van der Waals surface area contributed by atoms with Gasteiger partial charge in [0.15, 0.2) is 0 Å². The predicted octanol–water partition coefficient (Wildman–Crippen LogP) is 2.33. The lowest BCUT2D eigenvalue weighted by Gasteiger charge is -2.31. The fraction of sp³-hybridized carbons (Fsp3) is 0.533. The summed E-state index contributed by atoms with van der Waals surface area (Å²) in [7, 11) is -3.44. The minimum Gasteiger partial charge on any atom is -0.393 e. The van der Waals surface area contributed by atoms with Crippen LogP contribution in [0.2, 0.25) is 0 Å². The Morgan fingerprint density at radius 1 is 1.38 bits per heavy atom. The number of thiocarbonyl (C=S) groups is 1. The van der Waals surface area contributed by atoms with Crippen LogP contribution in [-0.4, -0.2) is 30.8 Å². The first-order valence-electron chi connectivity index (χ1n) is 7.33. The molecule has 0 bridgehead atoms. The molecule has 2 rings (SSSR count). The van der Waals surface area contributed by atoms with Gasteiger partial charge in [0.2, 0.25) is 10.0 Å². The van der Waals surface area contributed by atoms with Crippen LogP contribution in [0.1, 0.15) is 31.7 Å². The van der Waals surface area contributed by atoms with Crippen molar-refractivity contribution >= 4 is 27.2 Å². The molecule has 0 amide bonds. The van der Waals surface area contributed by atoms with Crippen LogP contribution in [-0.2, 0) is 16.4 Å². The van der Waals surface area contributed by atoms with Gasteiger partial charge >= 0.3 is 0 Å². The minimum absolute atomic E-state index is 0.0112. The van der Waals surface area contributed by atoms with Crippen LogP contribution in [0.3, 0.4) is 0 Å². The number of piperidine rings is 1. The van der Waals surface area contributed by atoms with Crippen molar-refractivity contribution in [3.63, 3.8) is 0 Å². The van der Waals surface area contributed by atoms with Crippen molar-refractivity contribution in [2.24, 2.45) is 11.7 Å². The molecular weight excluding hydrogens is 304 g/mol. The summed E-state index contributed by atoms with van der Waals surface area (Å²) >= 11 is 5.01. The summed E-state index contributed by atoms with van der Waals surface area (Å²) < 4.78 is 26.8. The topological polar surface area (TPSA) is 63.4 Å². The van der Waals surface area contributed by atoms with E-state index in [1.807, 2.05) is 12.1 Å². The number of sulfonamides is 1. The molecule has 1 heterocycles. The molecule has 1 saturated heterocycles. The van der Waals surface area contributed by atoms with Crippen LogP contribution >= 0.6 is 12.2 Å². The van der Waals surface area contributed by atoms with Gasteiger partial charge in [-0.3, -0.25) is 0 Å². The molecule has 0 spiro atoms. The molecule has 0 saturated carbocycles. The molecule has 0 radical (unpaired) electrons. The summed E-state index contributed by atoms with van der Waals surface area (Å²) in [5.41, 5.74) is 6.84. The van der Waals surface area contributed by atoms with Gasteiger partial charge < -0.3 is 5.73 Å². The van der Waals surface area contributed by atoms with Crippen molar-refractivity contribution in [2.45, 2.75) is 37.5 Å². The monoisotopic (exact) mass is 326 g/mol. The largest absolute Gasteiger partial charge is 0.393 e. The average molecular weight is 326 g/mol. The van der Waals surface area contributed by atoms with Crippen LogP contribution in [0.4, 0.5) is 0 Å². The first-order valence-corrected chi connectivity index (χ1v) is 9.18. The quantitative estimate of drug-likeness (QED) is 0.844. The van der Waals surface area contributed by atoms with Gasteiger partial charge in [-0.15, -0.1) is 0 Å². The molecule has 1 atom stereocenters. The Hall–Kier alpha value is -0.980. The molecule has 1 unspecified atom stereocenters. The second kappa shape index (κ2) is 6.85. The molecule has 1 aromatic rings. The number of hydrogen-bond acceptors (Lipinski definition) is 3. The van der Waals surface area contributed by atoms with E-state index in [9.17, 15) is 8.42 Å². The lowest BCUT2D eigenvalue weighted by Crippen LogP contribution is -2.43. The van der Waals surface area contributed by atoms with Crippen molar-refractivity contribution in [1.29, 1.82) is 0 Å². The normalized spacial score (nSPS) is 20.3. The van der Waals surface area contributed by atoms with E-state index < -0.39 is 10.0 Å². The average Bonchev–Trinajstić information content (AvgIpc) is 2.48. The highest BCUT2D eigenvalue weighted by Gasteiger charge is 2.31. The van der Waals surface area contributed by atoms with E-state index in [1.165, 1.54) is 4.31 Å². The molecule has 21 heavy (non-hydrogen) atoms. The van der Waals surface area contributed by atoms with Gasteiger partial charge in [0.05, 0.1) is 9.88 Å². The second-order valence-corrected chi connectivity index (χ2v) is 7.91. The zero-order valence-corrected chi connectivity index (χ0v) is 13.9. The van der Waals surface area contributed by atoms with Crippen molar-refractivity contribution in [3.05, 3.63) is 29.8 Å². The maximum Gasteiger partial charge on any atom is 0.243 e. The fourth-order valence-electron chi connectivity index (χ4n) is 2.66. The van der Waals surface area contributed by atoms with Gasteiger partial charge in [-0.1, -0.05) is 37.7 Å². The number of benzene rings is 1. The maximum absolute atomic E-state index is 12.7. The van der Waals surface area contributed by atoms with E-state index in [0.29, 0.717) is 23.0 Å². The zero-order valence-electron chi connectivity index (χ0n) is 12.3. The SMILES string of the molecule is CCCc1ccc(S(=O)(=O)N2CCCC(C(N)=S)C2)cc1. The van der Waals surface area contributed by atoms with E-state index in [4.69, 9.17) is 18.0 Å². The second-order valence-electron chi connectivity index (χ2n) is 5.50. The van der Waals surface area contributed by atoms with E-state index >= 15 is 0 Å². The molecule has 6 heteroatoms. The molecule has 1 aromatic carbocycles. The standard InChI is InChI=1S/C15H22N2O2S2/c1-2-4-12-6-8-14(9-7-12)21(18,19)17-10-3-5-13(11-17)15(16)20/h6-9,13H,2-5,10-11H2,1H3,(H2,16,20). The van der Waals surface area contributed by atoms with Gasteiger partial charge in [-0.25, -0.2) is 8.42 Å². The lowest BCUT2D eigenvalue weighted by atomic mass is 10.0. The van der Waals surface area contributed by atoms with Crippen LogP contribution in [0, 0.1) is 5.92 Å². The van der Waals surface area contributed by atoms with E-state index in [2.05, 4.69) is 6.92 Å². The molecule has 1 aliphatic heterocycles. The highest BCUT2D eigenvalue weighted by Crippen LogP contribution is 2.24. The molecule has 1 fully saturated rings. The molecular formula is C15H22N2O2S2. The lowest BCUT2D eigenvalue weighted by molar-refractivity contribution is 0.312. The van der Waals surface area contributed by atoms with Gasteiger partial charge in [0.1, 0.15) is 0 Å². The summed E-state index contributed by atoms with van der Waals surface area (Å²) in [6, 6.07) is 7.19. The van der Waals surface area contributed by atoms with Crippen LogP contribution in [0.15, 0.2) is 29.2 Å². The number of rotatable bonds is 5. The molecule has 1 aliphatic rings. The Bertz CT molecular complexity index is 597. The van der Waals surface area contributed by atoms with Gasteiger partial charge in [-0.2, -0.15) is 4.31 Å². The molecule has 2 N–H and O–H groups in total. The van der Waals surface area contributed by atoms with Crippen molar-refractivity contribution in [3.8, 4) is 0 Å². The van der Waals surface area contributed by atoms with Crippen LogP contribution in [0.5, 0.6) is 0 Å². The minimum atomic E-state index is -3.44. The number of nitrogens with zero attached hydrogens (tertiary/aromatic N) is 1. The number of nitrogens with two attached hydrogens (primary N) is 1. The maximum atomic E-state index is 12.7. The third-order valence-electron chi connectivity index (χ3n) is 3.89. The number of hydrogen-bond donors (Lipinski definition) is 1. The summed E-state index contributed by atoms with van der Waals surface area (Å²) in [4.78, 5) is 0.763. The van der Waals surface area contributed by atoms with Crippen LogP contribution < -0.4 is 5.73 Å². The molecule has 4 nitrogen and oxygen atoms in total. The Balaban J connectivity index is 2.18. The fourth-order valence-corrected chi connectivity index (χ4v) is 4.38. The summed E-state index contributed by atoms with van der Waals surface area (Å²) in [6.07, 6.45) is 3.69. The van der Waals surface area contributed by atoms with Crippen LogP contribution in [0.25, 0.3) is 0 Å². The van der Waals surface area contributed by atoms with E-state index in [0.717, 1.165) is 31.2 Å². The van der Waals surface area contributed by atoms with Crippen molar-refractivity contribution in [1.82, 2.24) is 4.31 Å². The third-order valence-corrected chi connectivity index (χ3v) is 6.10. The van der Waals surface area contributed by atoms with Gasteiger partial charge in [0, 0.05) is 19.0 Å². The first kappa shape index (κ1) is 16.4. The highest BCUT2D eigenvalue weighted by molar-refractivity contribution is 7.89. The highest BCUT2D eigenvalue weighted by atomic mass is 32.2. The summed E-state index contributed by atoms with van der Waals surface area (Å²) in [6.45, 7) is 3.04. The molecule has 0 aromatic heterocycles. The van der Waals surface area contributed by atoms with Crippen molar-refractivity contribution < 1.29 is 8.42 Å². The first-order chi connectivity index (χ1) is 9.95.